The van der Waals surface area contributed by atoms with Crippen LogP contribution in [0, 0.1) is 0 Å². The molecule has 0 fully saturated rings. The van der Waals surface area contributed by atoms with Crippen LogP contribution >= 0.6 is 8.81 Å². The van der Waals surface area contributed by atoms with Gasteiger partial charge < -0.3 is 4.52 Å². The second kappa shape index (κ2) is 6.32. The van der Waals surface area contributed by atoms with E-state index in [0.717, 1.165) is 5.30 Å². The van der Waals surface area contributed by atoms with Gasteiger partial charge in [0.1, 0.15) is 8.81 Å². The summed E-state index contributed by atoms with van der Waals surface area (Å²) in [5.74, 6) is -0.229. The first kappa shape index (κ1) is 11.8. The van der Waals surface area contributed by atoms with E-state index in [0.29, 0.717) is 0 Å². The molecule has 0 saturated carbocycles. The van der Waals surface area contributed by atoms with Crippen molar-refractivity contribution in [2.45, 2.75) is 6.92 Å². The Hall–Kier alpha value is -0.218. The molecule has 0 radical (unpaired) electrons. The second-order valence-electron chi connectivity index (χ2n) is 2.06. The zero-order chi connectivity index (χ0) is 8.10. The molecule has 0 saturated heterocycles. The average molecular weight is 275 g/mol. The number of carbonyl (C=O) groups excluding carboxylic acids is 1. The van der Waals surface area contributed by atoms with Crippen molar-refractivity contribution in [3.05, 3.63) is 30.3 Å². The third-order valence-corrected chi connectivity index (χ3v) is 2.04. The maximum absolute atomic E-state index is 10.4. The Balaban J connectivity index is 0.00000121. The van der Waals surface area contributed by atoms with E-state index >= 15 is 0 Å². The van der Waals surface area contributed by atoms with Crippen LogP contribution in [-0.4, -0.2) is 5.97 Å². The first-order valence-electron chi connectivity index (χ1n) is 3.27. The molecule has 1 atom stereocenters. The molecule has 0 aromatic heterocycles. The Morgan fingerprint density at radius 2 is 1.92 bits per heavy atom. The van der Waals surface area contributed by atoms with Crippen LogP contribution in [0.5, 0.6) is 0 Å². The summed E-state index contributed by atoms with van der Waals surface area (Å²) in [7, 11) is 0.135. The molecule has 0 amide bonds. The Labute approximate surface area is 87.2 Å². The van der Waals surface area contributed by atoms with E-state index in [9.17, 15) is 4.79 Å². The molecule has 12 heavy (non-hydrogen) atoms. The summed E-state index contributed by atoms with van der Waals surface area (Å²) in [6.07, 6.45) is 0. The molecule has 0 aliphatic carbocycles. The van der Waals surface area contributed by atoms with Crippen LogP contribution in [-0.2, 0) is 29.7 Å². The minimum absolute atomic E-state index is 0. The molecule has 0 spiro atoms. The first-order valence-corrected chi connectivity index (χ1v) is 4.18. The van der Waals surface area contributed by atoms with Crippen LogP contribution in [0.2, 0.25) is 0 Å². The summed E-state index contributed by atoms with van der Waals surface area (Å²) in [6.45, 7) is 1.41. The summed E-state index contributed by atoms with van der Waals surface area (Å²) >= 11 is 0. The summed E-state index contributed by atoms with van der Waals surface area (Å²) in [5, 5.41) is 1.04. The van der Waals surface area contributed by atoms with Crippen molar-refractivity contribution in [3.63, 3.8) is 0 Å². The van der Waals surface area contributed by atoms with Crippen molar-refractivity contribution in [1.29, 1.82) is 0 Å². The van der Waals surface area contributed by atoms with Gasteiger partial charge in [0.2, 0.25) is 0 Å². The molecule has 0 bridgehead atoms. The first-order chi connectivity index (χ1) is 5.29. The SMILES string of the molecule is CC(=O)OPc1ccccc1.[Pd]. The molecular formula is C8H9O2PPd. The van der Waals surface area contributed by atoms with E-state index in [1.807, 2.05) is 30.3 Å². The topological polar surface area (TPSA) is 26.3 Å². The van der Waals surface area contributed by atoms with Gasteiger partial charge in [-0.05, 0) is 0 Å². The maximum Gasteiger partial charge on any atom is 0.305 e. The van der Waals surface area contributed by atoms with Crippen LogP contribution in [0.15, 0.2) is 30.3 Å². The van der Waals surface area contributed by atoms with Gasteiger partial charge in [-0.1, -0.05) is 30.3 Å². The minimum atomic E-state index is -0.229. The van der Waals surface area contributed by atoms with Gasteiger partial charge in [-0.15, -0.1) is 0 Å². The van der Waals surface area contributed by atoms with Gasteiger partial charge in [0.25, 0.3) is 0 Å². The Bertz CT molecular complexity index is 238. The summed E-state index contributed by atoms with van der Waals surface area (Å²) in [6, 6.07) is 9.64. The predicted molar refractivity (Wildman–Crippen MR) is 46.2 cm³/mol. The zero-order valence-electron chi connectivity index (χ0n) is 6.52. The molecule has 68 valence electrons. The number of hydrogen-bond donors (Lipinski definition) is 0. The number of rotatable bonds is 2. The quantitative estimate of drug-likeness (QED) is 0.603. The smallest absolute Gasteiger partial charge is 0.305 e. The van der Waals surface area contributed by atoms with E-state index in [2.05, 4.69) is 0 Å². The van der Waals surface area contributed by atoms with Gasteiger partial charge in [-0.2, -0.15) is 0 Å². The molecular weight excluding hydrogens is 265 g/mol. The van der Waals surface area contributed by atoms with Crippen molar-refractivity contribution in [2.75, 3.05) is 0 Å². The van der Waals surface area contributed by atoms with Crippen LogP contribution in [0.25, 0.3) is 0 Å². The van der Waals surface area contributed by atoms with Gasteiger partial charge in [0.15, 0.2) is 0 Å². The fourth-order valence-electron chi connectivity index (χ4n) is 0.637. The normalized spacial score (nSPS) is 9.42. The van der Waals surface area contributed by atoms with Crippen LogP contribution in [0.1, 0.15) is 6.92 Å². The van der Waals surface area contributed by atoms with Crippen LogP contribution < -0.4 is 5.30 Å². The van der Waals surface area contributed by atoms with Crippen molar-refractivity contribution in [1.82, 2.24) is 0 Å². The molecule has 0 aliphatic heterocycles. The third-order valence-electron chi connectivity index (χ3n) is 1.09. The summed E-state index contributed by atoms with van der Waals surface area (Å²) in [4.78, 5) is 10.4. The van der Waals surface area contributed by atoms with Gasteiger partial charge >= 0.3 is 5.97 Å². The van der Waals surface area contributed by atoms with E-state index in [4.69, 9.17) is 4.52 Å². The monoisotopic (exact) mass is 274 g/mol. The molecule has 2 nitrogen and oxygen atoms in total. The fourth-order valence-corrected chi connectivity index (χ4v) is 1.23. The van der Waals surface area contributed by atoms with E-state index in [-0.39, 0.29) is 35.2 Å². The number of benzene rings is 1. The Kier molecular flexibility index (Phi) is 6.20. The van der Waals surface area contributed by atoms with Gasteiger partial charge in [-0.25, -0.2) is 0 Å². The Morgan fingerprint density at radius 3 is 2.42 bits per heavy atom. The predicted octanol–water partition coefficient (Wildman–Crippen LogP) is 1.47. The van der Waals surface area contributed by atoms with E-state index < -0.39 is 0 Å². The second-order valence-corrected chi connectivity index (χ2v) is 3.05. The third kappa shape index (κ3) is 4.62. The summed E-state index contributed by atoms with van der Waals surface area (Å²) < 4.78 is 4.82. The van der Waals surface area contributed by atoms with Gasteiger partial charge in [-0.3, -0.25) is 4.79 Å². The molecule has 4 heteroatoms. The van der Waals surface area contributed by atoms with Gasteiger partial charge in [0, 0.05) is 32.7 Å². The molecule has 1 rings (SSSR count). The Morgan fingerprint density at radius 1 is 1.33 bits per heavy atom. The standard InChI is InChI=1S/C8H9O2P.Pd/c1-7(9)10-11-8-5-3-2-4-6-8;/h2-6,11H,1H3;. The number of hydrogen-bond acceptors (Lipinski definition) is 2. The molecule has 1 aromatic rings. The number of carbonyl (C=O) groups is 1. The zero-order valence-corrected chi connectivity index (χ0v) is 9.07. The van der Waals surface area contributed by atoms with Crippen molar-refractivity contribution < 1.29 is 29.7 Å². The largest absolute Gasteiger partial charge is 0.443 e. The maximum atomic E-state index is 10.4. The molecule has 1 unspecified atom stereocenters. The summed E-state index contributed by atoms with van der Waals surface area (Å²) in [5.41, 5.74) is 0. The molecule has 1 aromatic carbocycles. The molecule has 0 aliphatic rings. The van der Waals surface area contributed by atoms with E-state index in [1.165, 1.54) is 6.92 Å². The minimum Gasteiger partial charge on any atom is -0.443 e. The van der Waals surface area contributed by atoms with Gasteiger partial charge in [0.05, 0.1) is 0 Å². The molecule has 0 heterocycles. The van der Waals surface area contributed by atoms with Crippen molar-refractivity contribution in [3.8, 4) is 0 Å². The molecule has 0 N–H and O–H groups in total. The average Bonchev–Trinajstić information content (AvgIpc) is 2.03. The van der Waals surface area contributed by atoms with Crippen molar-refractivity contribution in [2.24, 2.45) is 0 Å². The van der Waals surface area contributed by atoms with Crippen molar-refractivity contribution >= 4 is 20.1 Å². The fraction of sp³-hybridized carbons (Fsp3) is 0.125. The van der Waals surface area contributed by atoms with Crippen LogP contribution in [0.4, 0.5) is 0 Å². The van der Waals surface area contributed by atoms with E-state index in [1.54, 1.807) is 0 Å². The van der Waals surface area contributed by atoms with Crippen LogP contribution in [0.3, 0.4) is 0 Å².